The molecule has 2 aromatic rings. The van der Waals surface area contributed by atoms with Crippen LogP contribution in [0.3, 0.4) is 0 Å². The Bertz CT molecular complexity index is 737. The Morgan fingerprint density at radius 3 is 2.62 bits per heavy atom. The van der Waals surface area contributed by atoms with Crippen LogP contribution in [0.5, 0.6) is 5.75 Å². The lowest BCUT2D eigenvalue weighted by molar-refractivity contribution is -0.118. The first-order chi connectivity index (χ1) is 12.8. The standard InChI is InChI=1S/C21H24N2O3/c1-2-5-17-6-3-4-7-20(17)26-16-21(24)22-18-8-10-19(11-9-18)23-12-14-25-15-13-23/h2-4,6-11H,1,5,12-16H2,(H,22,24). The van der Waals surface area contributed by atoms with Crippen LogP contribution in [0.4, 0.5) is 11.4 Å². The van der Waals surface area contributed by atoms with Crippen LogP contribution in [-0.2, 0) is 16.0 Å². The number of rotatable bonds is 7. The summed E-state index contributed by atoms with van der Waals surface area (Å²) in [6.07, 6.45) is 2.53. The molecule has 5 nitrogen and oxygen atoms in total. The zero-order chi connectivity index (χ0) is 18.2. The van der Waals surface area contributed by atoms with E-state index in [4.69, 9.17) is 9.47 Å². The van der Waals surface area contributed by atoms with Crippen LogP contribution in [0.2, 0.25) is 0 Å². The van der Waals surface area contributed by atoms with Gasteiger partial charge in [0.25, 0.3) is 5.91 Å². The van der Waals surface area contributed by atoms with Crippen LogP contribution < -0.4 is 15.0 Å². The van der Waals surface area contributed by atoms with Crippen molar-refractivity contribution in [2.75, 3.05) is 43.1 Å². The maximum Gasteiger partial charge on any atom is 0.262 e. The molecule has 1 saturated heterocycles. The van der Waals surface area contributed by atoms with Crippen LogP contribution in [-0.4, -0.2) is 38.8 Å². The SMILES string of the molecule is C=CCc1ccccc1OCC(=O)Nc1ccc(N2CCOCC2)cc1. The number of nitrogens with one attached hydrogen (secondary N) is 1. The third-order valence-corrected chi connectivity index (χ3v) is 4.22. The number of para-hydroxylation sites is 1. The fourth-order valence-corrected chi connectivity index (χ4v) is 2.89. The summed E-state index contributed by atoms with van der Waals surface area (Å²) in [5.74, 6) is 0.530. The number of benzene rings is 2. The Balaban J connectivity index is 1.52. The van der Waals surface area contributed by atoms with E-state index in [1.807, 2.05) is 54.6 Å². The number of nitrogens with zero attached hydrogens (tertiary/aromatic N) is 1. The number of morpholine rings is 1. The van der Waals surface area contributed by atoms with E-state index in [-0.39, 0.29) is 12.5 Å². The number of hydrogen-bond acceptors (Lipinski definition) is 4. The summed E-state index contributed by atoms with van der Waals surface area (Å²) in [4.78, 5) is 14.4. The minimum absolute atomic E-state index is 0.0284. The summed E-state index contributed by atoms with van der Waals surface area (Å²) < 4.78 is 11.0. The molecule has 0 radical (unpaired) electrons. The van der Waals surface area contributed by atoms with Crippen molar-refractivity contribution in [3.63, 3.8) is 0 Å². The van der Waals surface area contributed by atoms with Crippen LogP contribution in [0, 0.1) is 0 Å². The first-order valence-corrected chi connectivity index (χ1v) is 8.80. The zero-order valence-corrected chi connectivity index (χ0v) is 14.8. The highest BCUT2D eigenvalue weighted by molar-refractivity contribution is 5.92. The van der Waals surface area contributed by atoms with Gasteiger partial charge in [0, 0.05) is 24.5 Å². The Morgan fingerprint density at radius 1 is 1.15 bits per heavy atom. The molecule has 26 heavy (non-hydrogen) atoms. The van der Waals surface area contributed by atoms with Gasteiger partial charge in [-0.25, -0.2) is 0 Å². The molecule has 0 atom stereocenters. The smallest absolute Gasteiger partial charge is 0.262 e. The quantitative estimate of drug-likeness (QED) is 0.777. The molecule has 1 fully saturated rings. The van der Waals surface area contributed by atoms with Crippen LogP contribution in [0.1, 0.15) is 5.56 Å². The molecule has 1 heterocycles. The van der Waals surface area contributed by atoms with Gasteiger partial charge in [0.15, 0.2) is 6.61 Å². The summed E-state index contributed by atoms with van der Waals surface area (Å²) in [7, 11) is 0. The van der Waals surface area contributed by atoms with E-state index in [9.17, 15) is 4.79 Å². The molecule has 136 valence electrons. The maximum atomic E-state index is 12.2. The molecule has 0 bridgehead atoms. The lowest BCUT2D eigenvalue weighted by Gasteiger charge is -2.28. The fourth-order valence-electron chi connectivity index (χ4n) is 2.89. The van der Waals surface area contributed by atoms with E-state index in [0.717, 1.165) is 43.2 Å². The van der Waals surface area contributed by atoms with E-state index in [0.29, 0.717) is 12.2 Å². The third kappa shape index (κ3) is 4.86. The Labute approximate surface area is 154 Å². The predicted molar refractivity (Wildman–Crippen MR) is 104 cm³/mol. The summed E-state index contributed by atoms with van der Waals surface area (Å²) in [6, 6.07) is 15.5. The van der Waals surface area contributed by atoms with E-state index in [2.05, 4.69) is 16.8 Å². The summed E-state index contributed by atoms with van der Waals surface area (Å²) in [5, 5.41) is 2.87. The molecule has 1 N–H and O–H groups in total. The zero-order valence-electron chi connectivity index (χ0n) is 14.8. The average Bonchev–Trinajstić information content (AvgIpc) is 2.69. The largest absolute Gasteiger partial charge is 0.483 e. The molecule has 3 rings (SSSR count). The van der Waals surface area contributed by atoms with Gasteiger partial charge in [-0.3, -0.25) is 4.79 Å². The van der Waals surface area contributed by atoms with Gasteiger partial charge in [-0.15, -0.1) is 6.58 Å². The lowest BCUT2D eigenvalue weighted by atomic mass is 10.1. The van der Waals surface area contributed by atoms with Crippen LogP contribution >= 0.6 is 0 Å². The lowest BCUT2D eigenvalue weighted by Crippen LogP contribution is -2.36. The van der Waals surface area contributed by atoms with Crippen molar-refractivity contribution in [1.29, 1.82) is 0 Å². The molecule has 0 aromatic heterocycles. The van der Waals surface area contributed by atoms with E-state index < -0.39 is 0 Å². The Hall–Kier alpha value is -2.79. The van der Waals surface area contributed by atoms with Crippen molar-refractivity contribution >= 4 is 17.3 Å². The van der Waals surface area contributed by atoms with Crippen molar-refractivity contribution < 1.29 is 14.3 Å². The minimum Gasteiger partial charge on any atom is -0.483 e. The predicted octanol–water partition coefficient (Wildman–Crippen LogP) is 3.27. The van der Waals surface area contributed by atoms with E-state index >= 15 is 0 Å². The van der Waals surface area contributed by atoms with E-state index in [1.165, 1.54) is 0 Å². The minimum atomic E-state index is -0.183. The van der Waals surface area contributed by atoms with Gasteiger partial charge >= 0.3 is 0 Å². The highest BCUT2D eigenvalue weighted by atomic mass is 16.5. The first-order valence-electron chi connectivity index (χ1n) is 8.80. The summed E-state index contributed by atoms with van der Waals surface area (Å²) in [5.41, 5.74) is 2.92. The molecule has 0 unspecified atom stereocenters. The maximum absolute atomic E-state index is 12.2. The number of carbonyl (C=O) groups is 1. The second kappa shape index (κ2) is 9.06. The number of amides is 1. The van der Waals surface area contributed by atoms with Crippen molar-refractivity contribution in [2.24, 2.45) is 0 Å². The van der Waals surface area contributed by atoms with Gasteiger partial charge in [-0.05, 0) is 42.3 Å². The van der Waals surface area contributed by atoms with Gasteiger partial charge in [0.2, 0.25) is 0 Å². The Kier molecular flexibility index (Phi) is 6.28. The molecule has 0 spiro atoms. The van der Waals surface area contributed by atoms with Crippen LogP contribution in [0.25, 0.3) is 0 Å². The molecule has 1 aliphatic heterocycles. The van der Waals surface area contributed by atoms with Gasteiger partial charge in [0.1, 0.15) is 5.75 Å². The van der Waals surface area contributed by atoms with Gasteiger partial charge < -0.3 is 19.7 Å². The van der Waals surface area contributed by atoms with E-state index in [1.54, 1.807) is 0 Å². The number of anilines is 2. The van der Waals surface area contributed by atoms with Crippen molar-refractivity contribution in [3.8, 4) is 5.75 Å². The van der Waals surface area contributed by atoms with Gasteiger partial charge in [0.05, 0.1) is 13.2 Å². The second-order valence-electron chi connectivity index (χ2n) is 6.08. The molecule has 0 saturated carbocycles. The molecule has 1 aliphatic rings. The van der Waals surface area contributed by atoms with Crippen molar-refractivity contribution in [1.82, 2.24) is 0 Å². The highest BCUT2D eigenvalue weighted by Crippen LogP contribution is 2.20. The van der Waals surface area contributed by atoms with Gasteiger partial charge in [-0.2, -0.15) is 0 Å². The topological polar surface area (TPSA) is 50.8 Å². The first kappa shape index (κ1) is 18.0. The summed E-state index contributed by atoms with van der Waals surface area (Å²) in [6.45, 7) is 7.01. The highest BCUT2D eigenvalue weighted by Gasteiger charge is 2.11. The monoisotopic (exact) mass is 352 g/mol. The van der Waals surface area contributed by atoms with Crippen molar-refractivity contribution in [3.05, 3.63) is 66.7 Å². The molecule has 0 aliphatic carbocycles. The summed E-state index contributed by atoms with van der Waals surface area (Å²) >= 11 is 0. The number of ether oxygens (including phenoxy) is 2. The molecule has 2 aromatic carbocycles. The van der Waals surface area contributed by atoms with Gasteiger partial charge in [-0.1, -0.05) is 24.3 Å². The van der Waals surface area contributed by atoms with Crippen molar-refractivity contribution in [2.45, 2.75) is 6.42 Å². The third-order valence-electron chi connectivity index (χ3n) is 4.22. The molecule has 1 amide bonds. The Morgan fingerprint density at radius 2 is 1.88 bits per heavy atom. The second-order valence-corrected chi connectivity index (χ2v) is 6.08. The molecular weight excluding hydrogens is 328 g/mol. The molecule has 5 heteroatoms. The normalized spacial score (nSPS) is 13.9. The average molecular weight is 352 g/mol. The fraction of sp³-hybridized carbons (Fsp3) is 0.286. The number of hydrogen-bond donors (Lipinski definition) is 1. The van der Waals surface area contributed by atoms with Crippen LogP contribution in [0.15, 0.2) is 61.2 Å². The molecular formula is C21H24N2O3. The number of allylic oxidation sites excluding steroid dienone is 1. The number of carbonyl (C=O) groups excluding carboxylic acids is 1.